The molecule has 24 rings (SSSR count). The average molecular weight is 1420 g/mol. The van der Waals surface area contributed by atoms with Crippen molar-refractivity contribution in [2.45, 2.75) is 0 Å². The Morgan fingerprint density at radius 2 is 0.402 bits per heavy atom. The van der Waals surface area contributed by atoms with Gasteiger partial charge >= 0.3 is 0 Å². The fourth-order valence-electron chi connectivity index (χ4n) is 18.6. The minimum Gasteiger partial charge on any atom is -0.309 e. The van der Waals surface area contributed by atoms with Crippen LogP contribution in [-0.2, 0) is 0 Å². The van der Waals surface area contributed by atoms with Crippen molar-refractivity contribution in [1.82, 2.24) is 18.3 Å². The van der Waals surface area contributed by atoms with Gasteiger partial charge in [-0.3, -0.25) is 0 Å². The second-order valence-corrected chi connectivity index (χ2v) is 29.8. The Labute approximate surface area is 645 Å². The molecule has 0 fully saturated rings. The first-order valence-electron chi connectivity index (χ1n) is 38.7. The lowest BCUT2D eigenvalue weighted by molar-refractivity contribution is 1.18. The van der Waals surface area contributed by atoms with Gasteiger partial charge in [0.2, 0.25) is 0 Å². The molecule has 0 aliphatic carbocycles. The SMILES string of the molecule is c1ccc(-n2c3ccccc3c3cc(-c4ccc5c(c4)c4ccccc4n5-c4ccc(-c5cc6c7ccccc7ccc6c6ccccc56)cc4)ccc32)cc1.c1ccc(-n2c3ccccc3c3cc(-c4ccc5c(c4)c4ccccc4n5-c4cccc(-c5ccc6c(ccc7c8ccccc8ccc67)c5)c4)ccc32)cc1. The van der Waals surface area contributed by atoms with Crippen LogP contribution >= 0.6 is 0 Å². The van der Waals surface area contributed by atoms with Crippen molar-refractivity contribution < 1.29 is 0 Å². The topological polar surface area (TPSA) is 19.7 Å². The second kappa shape index (κ2) is 25.4. The largest absolute Gasteiger partial charge is 0.309 e. The molecule has 0 N–H and O–H groups in total. The summed E-state index contributed by atoms with van der Waals surface area (Å²) < 4.78 is 9.59. The Hall–Kier alpha value is -14.8. The molecular weight excluding hydrogens is 1350 g/mol. The summed E-state index contributed by atoms with van der Waals surface area (Å²) >= 11 is 0. The van der Waals surface area contributed by atoms with E-state index in [1.807, 2.05) is 0 Å². The molecule has 0 saturated carbocycles. The van der Waals surface area contributed by atoms with Gasteiger partial charge in [-0.15, -0.1) is 0 Å². The van der Waals surface area contributed by atoms with Crippen LogP contribution in [0.25, 0.3) is 219 Å². The Morgan fingerprint density at radius 3 is 0.866 bits per heavy atom. The van der Waals surface area contributed by atoms with Crippen LogP contribution in [-0.4, -0.2) is 18.3 Å². The van der Waals surface area contributed by atoms with E-state index in [4.69, 9.17) is 0 Å². The molecule has 0 saturated heterocycles. The molecule has 24 aromatic rings. The van der Waals surface area contributed by atoms with E-state index in [-0.39, 0.29) is 0 Å². The van der Waals surface area contributed by atoms with Gasteiger partial charge in [0.15, 0.2) is 0 Å². The fourth-order valence-corrected chi connectivity index (χ4v) is 18.6. The van der Waals surface area contributed by atoms with Crippen molar-refractivity contribution in [1.29, 1.82) is 0 Å². The van der Waals surface area contributed by atoms with Gasteiger partial charge in [-0.25, -0.2) is 0 Å². The van der Waals surface area contributed by atoms with Crippen LogP contribution < -0.4 is 0 Å². The van der Waals surface area contributed by atoms with Crippen LogP contribution in [0, 0.1) is 0 Å². The van der Waals surface area contributed by atoms with Gasteiger partial charge in [0.05, 0.1) is 44.1 Å². The molecule has 0 unspecified atom stereocenters. The molecule has 0 spiro atoms. The highest BCUT2D eigenvalue weighted by molar-refractivity contribution is 6.22. The molecule has 520 valence electrons. The summed E-state index contributed by atoms with van der Waals surface area (Å²) in [6.07, 6.45) is 0. The monoisotopic (exact) mass is 1420 g/mol. The minimum atomic E-state index is 1.15. The van der Waals surface area contributed by atoms with Gasteiger partial charge < -0.3 is 18.3 Å². The standard InChI is InChI=1S/2C54H34N2/c1-2-13-41(14-3-1)55-51-19-8-6-17-47(51)49-33-38(24-29-53(49)55)39-25-30-54-50(34-39)48-18-7-9-20-52(48)56(54)42-15-10-12-36(32-42)37-22-26-44-40(31-37)23-28-45-43-16-5-4-11-35(43)21-27-46(44)45;1-2-13-39(14-3-1)55-51-20-10-8-18-45(51)49-32-37(25-30-53(49)55)38-26-31-54-50(33-38)46-19-9-11-21-52(46)56(54)40-27-22-36(23-28-40)47-34-48-41-15-5-4-12-35(41)24-29-44(48)42-16-6-7-17-43(42)47/h2*1-34H. The average Bonchev–Trinajstić information content (AvgIpc) is 1.66. The van der Waals surface area contributed by atoms with Crippen molar-refractivity contribution in [2.75, 3.05) is 0 Å². The number of nitrogens with zero attached hydrogens (tertiary/aromatic N) is 4. The molecule has 0 radical (unpaired) electrons. The van der Waals surface area contributed by atoms with Gasteiger partial charge in [0.25, 0.3) is 0 Å². The maximum atomic E-state index is 2.42. The van der Waals surface area contributed by atoms with E-state index < -0.39 is 0 Å². The van der Waals surface area contributed by atoms with Gasteiger partial charge in [0, 0.05) is 65.8 Å². The van der Waals surface area contributed by atoms with Crippen molar-refractivity contribution in [3.05, 3.63) is 413 Å². The molecule has 0 aliphatic heterocycles. The lowest BCUT2D eigenvalue weighted by Crippen LogP contribution is -1.94. The molecule has 20 aromatic carbocycles. The summed E-state index contributed by atoms with van der Waals surface area (Å²) in [6, 6.07) is 152. The Bertz CT molecular complexity index is 7990. The third-order valence-electron chi connectivity index (χ3n) is 23.8. The number of hydrogen-bond acceptors (Lipinski definition) is 0. The Morgan fingerprint density at radius 1 is 0.116 bits per heavy atom. The van der Waals surface area contributed by atoms with E-state index in [0.29, 0.717) is 0 Å². The maximum Gasteiger partial charge on any atom is 0.0541 e. The smallest absolute Gasteiger partial charge is 0.0541 e. The predicted molar refractivity (Wildman–Crippen MR) is 477 cm³/mol. The summed E-state index contributed by atoms with van der Waals surface area (Å²) in [5.74, 6) is 0. The van der Waals surface area contributed by atoms with E-state index in [2.05, 4.69) is 431 Å². The number of hydrogen-bond donors (Lipinski definition) is 0. The lowest BCUT2D eigenvalue weighted by Gasteiger charge is -2.14. The molecule has 0 aliphatic rings. The maximum absolute atomic E-state index is 2.42. The normalized spacial score (nSPS) is 11.9. The van der Waals surface area contributed by atoms with E-state index in [1.54, 1.807) is 0 Å². The van der Waals surface area contributed by atoms with Crippen LogP contribution in [0.4, 0.5) is 0 Å². The zero-order chi connectivity index (χ0) is 73.5. The lowest BCUT2D eigenvalue weighted by atomic mass is 9.91. The summed E-state index contributed by atoms with van der Waals surface area (Å²) in [6.45, 7) is 0. The first-order valence-corrected chi connectivity index (χ1v) is 38.7. The fraction of sp³-hybridized carbons (Fsp3) is 0. The van der Waals surface area contributed by atoms with E-state index in [1.165, 1.54) is 208 Å². The van der Waals surface area contributed by atoms with E-state index in [0.717, 1.165) is 11.4 Å². The Kier molecular flexibility index (Phi) is 14.3. The molecule has 4 heteroatoms. The molecule has 0 bridgehead atoms. The summed E-state index contributed by atoms with van der Waals surface area (Å²) in [7, 11) is 0. The number of aromatic nitrogens is 4. The first kappa shape index (κ1) is 63.3. The molecule has 0 atom stereocenters. The molecule has 112 heavy (non-hydrogen) atoms. The van der Waals surface area contributed by atoms with Crippen molar-refractivity contribution in [3.63, 3.8) is 0 Å². The third-order valence-corrected chi connectivity index (χ3v) is 23.8. The zero-order valence-corrected chi connectivity index (χ0v) is 61.0. The zero-order valence-electron chi connectivity index (χ0n) is 61.0. The highest BCUT2D eigenvalue weighted by Crippen LogP contribution is 2.45. The summed E-state index contributed by atoms with van der Waals surface area (Å²) in [5.41, 5.74) is 24.1. The van der Waals surface area contributed by atoms with Crippen LogP contribution in [0.1, 0.15) is 0 Å². The summed E-state index contributed by atoms with van der Waals surface area (Å²) in [5, 5.41) is 25.5. The molecule has 4 nitrogen and oxygen atoms in total. The predicted octanol–water partition coefficient (Wildman–Crippen LogP) is 29.3. The highest BCUT2D eigenvalue weighted by Gasteiger charge is 2.21. The number of para-hydroxylation sites is 6. The summed E-state index contributed by atoms with van der Waals surface area (Å²) in [4.78, 5) is 0. The molecule has 0 amide bonds. The molecule has 4 heterocycles. The Balaban J connectivity index is 0.000000134. The van der Waals surface area contributed by atoms with Crippen molar-refractivity contribution >= 4 is 152 Å². The number of rotatable bonds is 8. The van der Waals surface area contributed by atoms with Gasteiger partial charge in [-0.1, -0.05) is 279 Å². The highest BCUT2D eigenvalue weighted by atomic mass is 15.0. The van der Waals surface area contributed by atoms with Crippen LogP contribution in [0.5, 0.6) is 0 Å². The van der Waals surface area contributed by atoms with Crippen molar-refractivity contribution in [2.24, 2.45) is 0 Å². The van der Waals surface area contributed by atoms with Crippen LogP contribution in [0.2, 0.25) is 0 Å². The number of fused-ring (bicyclic) bond motifs is 22. The quantitative estimate of drug-likeness (QED) is 0.135. The van der Waals surface area contributed by atoms with Gasteiger partial charge in [0.1, 0.15) is 0 Å². The second-order valence-electron chi connectivity index (χ2n) is 29.8. The number of benzene rings is 20. The molecule has 4 aromatic heterocycles. The van der Waals surface area contributed by atoms with Crippen molar-refractivity contribution in [3.8, 4) is 67.3 Å². The van der Waals surface area contributed by atoms with Gasteiger partial charge in [-0.2, -0.15) is 0 Å². The van der Waals surface area contributed by atoms with Gasteiger partial charge in [-0.05, 0) is 243 Å². The van der Waals surface area contributed by atoms with Crippen LogP contribution in [0.3, 0.4) is 0 Å². The van der Waals surface area contributed by atoms with E-state index in [9.17, 15) is 0 Å². The van der Waals surface area contributed by atoms with E-state index >= 15 is 0 Å². The first-order chi connectivity index (χ1) is 55.5. The van der Waals surface area contributed by atoms with Crippen LogP contribution in [0.15, 0.2) is 413 Å². The molecular formula is C108H68N4. The minimum absolute atomic E-state index is 1.15. The third kappa shape index (κ3) is 10.0.